The molecule has 0 aliphatic rings. The maximum absolute atomic E-state index is 11.7. The van der Waals surface area contributed by atoms with Crippen LogP contribution >= 0.6 is 0 Å². The van der Waals surface area contributed by atoms with Crippen LogP contribution in [0.5, 0.6) is 0 Å². The number of hydrogen-bond donors (Lipinski definition) is 0. The first kappa shape index (κ1) is 12.4. The van der Waals surface area contributed by atoms with Crippen LogP contribution in [0.4, 0.5) is 11.4 Å². The van der Waals surface area contributed by atoms with Gasteiger partial charge < -0.3 is 4.90 Å². The average molecular weight is 239 g/mol. The van der Waals surface area contributed by atoms with Crippen LogP contribution in [0.15, 0.2) is 48.5 Å². The third-order valence-corrected chi connectivity index (χ3v) is 3.12. The van der Waals surface area contributed by atoms with E-state index in [1.807, 2.05) is 43.4 Å². The minimum atomic E-state index is 0.0889. The molecule has 2 nitrogen and oxygen atoms in total. The van der Waals surface area contributed by atoms with Gasteiger partial charge in [0.25, 0.3) is 0 Å². The van der Waals surface area contributed by atoms with Gasteiger partial charge in [-0.2, -0.15) is 0 Å². The number of carbonyl (C=O) groups excluding carboxylic acids is 1. The SMILES string of the molecule is CC(=O)c1ccccc1N(C)c1ccccc1C. The summed E-state index contributed by atoms with van der Waals surface area (Å²) >= 11 is 0. The molecule has 0 fully saturated rings. The van der Waals surface area contributed by atoms with Gasteiger partial charge in [-0.05, 0) is 37.6 Å². The molecule has 0 aliphatic heterocycles. The van der Waals surface area contributed by atoms with Crippen molar-refractivity contribution in [1.82, 2.24) is 0 Å². The first-order valence-electron chi connectivity index (χ1n) is 6.00. The highest BCUT2D eigenvalue weighted by Gasteiger charge is 2.12. The molecule has 0 saturated heterocycles. The van der Waals surface area contributed by atoms with Crippen molar-refractivity contribution in [3.8, 4) is 0 Å². The molecule has 2 rings (SSSR count). The van der Waals surface area contributed by atoms with Crippen molar-refractivity contribution in [2.24, 2.45) is 0 Å². The van der Waals surface area contributed by atoms with E-state index >= 15 is 0 Å². The summed E-state index contributed by atoms with van der Waals surface area (Å²) in [6.07, 6.45) is 0. The molecule has 0 atom stereocenters. The van der Waals surface area contributed by atoms with Gasteiger partial charge in [0.2, 0.25) is 0 Å². The van der Waals surface area contributed by atoms with E-state index in [-0.39, 0.29) is 5.78 Å². The number of aryl methyl sites for hydroxylation is 1. The van der Waals surface area contributed by atoms with Crippen molar-refractivity contribution < 1.29 is 4.79 Å². The molecule has 0 heterocycles. The highest BCUT2D eigenvalue weighted by molar-refractivity contribution is 6.00. The monoisotopic (exact) mass is 239 g/mol. The quantitative estimate of drug-likeness (QED) is 0.755. The molecule has 92 valence electrons. The number of anilines is 2. The summed E-state index contributed by atoms with van der Waals surface area (Å²) in [7, 11) is 1.99. The molecule has 2 aromatic carbocycles. The van der Waals surface area contributed by atoms with Crippen LogP contribution in [0.1, 0.15) is 22.8 Å². The van der Waals surface area contributed by atoms with Crippen LogP contribution in [0.25, 0.3) is 0 Å². The summed E-state index contributed by atoms with van der Waals surface area (Å²) < 4.78 is 0. The molecule has 2 aromatic rings. The van der Waals surface area contributed by atoms with Crippen molar-refractivity contribution in [2.45, 2.75) is 13.8 Å². The Morgan fingerprint density at radius 1 is 0.944 bits per heavy atom. The third kappa shape index (κ3) is 2.28. The number of hydrogen-bond acceptors (Lipinski definition) is 2. The van der Waals surface area contributed by atoms with E-state index in [1.54, 1.807) is 6.92 Å². The number of carbonyl (C=O) groups is 1. The molecule has 0 N–H and O–H groups in total. The Kier molecular flexibility index (Phi) is 3.47. The molecule has 0 bridgehead atoms. The molecular formula is C16H17NO. The molecule has 0 radical (unpaired) electrons. The summed E-state index contributed by atoms with van der Waals surface area (Å²) in [6.45, 7) is 3.67. The van der Waals surface area contributed by atoms with Crippen LogP contribution in [-0.4, -0.2) is 12.8 Å². The Labute approximate surface area is 108 Å². The van der Waals surface area contributed by atoms with Crippen LogP contribution in [0.3, 0.4) is 0 Å². The zero-order chi connectivity index (χ0) is 13.1. The predicted molar refractivity (Wildman–Crippen MR) is 75.7 cm³/mol. The number of benzene rings is 2. The fourth-order valence-corrected chi connectivity index (χ4v) is 2.13. The largest absolute Gasteiger partial charge is 0.344 e. The van der Waals surface area contributed by atoms with Gasteiger partial charge in [-0.25, -0.2) is 0 Å². The Bertz CT molecular complexity index is 575. The summed E-state index contributed by atoms with van der Waals surface area (Å²) in [5, 5.41) is 0. The van der Waals surface area contributed by atoms with Gasteiger partial charge in [0.1, 0.15) is 0 Å². The van der Waals surface area contributed by atoms with Crippen molar-refractivity contribution in [3.63, 3.8) is 0 Å². The number of para-hydroxylation sites is 2. The maximum Gasteiger partial charge on any atom is 0.161 e. The second kappa shape index (κ2) is 5.05. The topological polar surface area (TPSA) is 20.3 Å². The molecule has 2 heteroatoms. The lowest BCUT2D eigenvalue weighted by molar-refractivity contribution is 0.101. The van der Waals surface area contributed by atoms with Crippen LogP contribution in [-0.2, 0) is 0 Å². The summed E-state index contributed by atoms with van der Waals surface area (Å²) in [4.78, 5) is 13.7. The number of rotatable bonds is 3. The second-order valence-electron chi connectivity index (χ2n) is 4.42. The summed E-state index contributed by atoms with van der Waals surface area (Å²) in [6, 6.07) is 15.9. The summed E-state index contributed by atoms with van der Waals surface area (Å²) in [5.74, 6) is 0.0889. The Balaban J connectivity index is 2.50. The standard InChI is InChI=1S/C16H17NO/c1-12-8-4-6-10-15(12)17(3)16-11-7-5-9-14(16)13(2)18/h4-11H,1-3H3. The lowest BCUT2D eigenvalue weighted by Gasteiger charge is -2.23. The van der Waals surface area contributed by atoms with Gasteiger partial charge in [-0.15, -0.1) is 0 Å². The third-order valence-electron chi connectivity index (χ3n) is 3.12. The van der Waals surface area contributed by atoms with Crippen LogP contribution in [0.2, 0.25) is 0 Å². The first-order valence-corrected chi connectivity index (χ1v) is 6.00. The Morgan fingerprint density at radius 2 is 1.50 bits per heavy atom. The van der Waals surface area contributed by atoms with Crippen molar-refractivity contribution in [2.75, 3.05) is 11.9 Å². The zero-order valence-electron chi connectivity index (χ0n) is 11.0. The Hall–Kier alpha value is -2.09. The normalized spacial score (nSPS) is 10.2. The van der Waals surface area contributed by atoms with E-state index in [0.717, 1.165) is 16.9 Å². The average Bonchev–Trinajstić information content (AvgIpc) is 2.38. The van der Waals surface area contributed by atoms with Gasteiger partial charge in [-0.3, -0.25) is 4.79 Å². The molecular weight excluding hydrogens is 222 g/mol. The lowest BCUT2D eigenvalue weighted by atomic mass is 10.1. The molecule has 18 heavy (non-hydrogen) atoms. The number of Topliss-reactive ketones (excluding diaryl/α,β-unsaturated/α-hetero) is 1. The van der Waals surface area contributed by atoms with Crippen LogP contribution < -0.4 is 4.90 Å². The van der Waals surface area contributed by atoms with E-state index in [9.17, 15) is 4.79 Å². The van der Waals surface area contributed by atoms with E-state index < -0.39 is 0 Å². The minimum absolute atomic E-state index is 0.0889. The molecule has 0 saturated carbocycles. The van der Waals surface area contributed by atoms with Crippen molar-refractivity contribution >= 4 is 17.2 Å². The highest BCUT2D eigenvalue weighted by Crippen LogP contribution is 2.29. The fourth-order valence-electron chi connectivity index (χ4n) is 2.13. The van der Waals surface area contributed by atoms with Gasteiger partial charge >= 0.3 is 0 Å². The maximum atomic E-state index is 11.7. The second-order valence-corrected chi connectivity index (χ2v) is 4.42. The fraction of sp³-hybridized carbons (Fsp3) is 0.188. The summed E-state index contributed by atoms with van der Waals surface area (Å²) in [5.41, 5.74) is 4.01. The number of nitrogens with zero attached hydrogens (tertiary/aromatic N) is 1. The molecule has 0 amide bonds. The van der Waals surface area contributed by atoms with Gasteiger partial charge in [0, 0.05) is 18.3 Å². The van der Waals surface area contributed by atoms with E-state index in [1.165, 1.54) is 5.56 Å². The van der Waals surface area contributed by atoms with Gasteiger partial charge in [0.05, 0.1) is 5.69 Å². The zero-order valence-corrected chi connectivity index (χ0v) is 11.0. The lowest BCUT2D eigenvalue weighted by Crippen LogP contribution is -2.14. The van der Waals surface area contributed by atoms with Gasteiger partial charge in [0.15, 0.2) is 5.78 Å². The molecule has 0 spiro atoms. The predicted octanol–water partition coefficient (Wildman–Crippen LogP) is 3.97. The first-order chi connectivity index (χ1) is 8.61. The van der Waals surface area contributed by atoms with Gasteiger partial charge in [-0.1, -0.05) is 30.3 Å². The van der Waals surface area contributed by atoms with Crippen molar-refractivity contribution in [3.05, 3.63) is 59.7 Å². The molecule has 0 unspecified atom stereocenters. The highest BCUT2D eigenvalue weighted by atomic mass is 16.1. The molecule has 0 aromatic heterocycles. The van der Waals surface area contributed by atoms with E-state index in [0.29, 0.717) is 0 Å². The molecule has 0 aliphatic carbocycles. The Morgan fingerprint density at radius 3 is 2.11 bits per heavy atom. The van der Waals surface area contributed by atoms with Crippen molar-refractivity contribution in [1.29, 1.82) is 0 Å². The minimum Gasteiger partial charge on any atom is -0.344 e. The van der Waals surface area contributed by atoms with Crippen LogP contribution in [0, 0.1) is 6.92 Å². The van der Waals surface area contributed by atoms with E-state index in [2.05, 4.69) is 24.0 Å². The van der Waals surface area contributed by atoms with E-state index in [4.69, 9.17) is 0 Å². The smallest absolute Gasteiger partial charge is 0.161 e. The number of ketones is 1.